The highest BCUT2D eigenvalue weighted by atomic mass is 32.2. The molecule has 1 atom stereocenters. The number of hydrogen-bond donors (Lipinski definition) is 1. The fourth-order valence-corrected chi connectivity index (χ4v) is 2.78. The highest BCUT2D eigenvalue weighted by molar-refractivity contribution is 7.99. The molecule has 0 radical (unpaired) electrons. The third-order valence-corrected chi connectivity index (χ3v) is 3.95. The Hall–Kier alpha value is -0.410. The van der Waals surface area contributed by atoms with Crippen molar-refractivity contribution in [1.29, 1.82) is 0 Å². The first-order valence-corrected chi connectivity index (χ1v) is 7.04. The van der Waals surface area contributed by atoms with Gasteiger partial charge >= 0.3 is 0 Å². The third-order valence-electron chi connectivity index (χ3n) is 2.69. The summed E-state index contributed by atoms with van der Waals surface area (Å²) in [5, 5.41) is 3.60. The first-order valence-electron chi connectivity index (χ1n) is 6.05. The van der Waals surface area contributed by atoms with Crippen molar-refractivity contribution < 1.29 is 4.42 Å². The van der Waals surface area contributed by atoms with Gasteiger partial charge in [-0.3, -0.25) is 0 Å². The molecule has 1 heterocycles. The summed E-state index contributed by atoms with van der Waals surface area (Å²) < 4.78 is 5.30. The molecule has 2 nitrogen and oxygen atoms in total. The van der Waals surface area contributed by atoms with E-state index in [2.05, 4.69) is 32.2 Å². The Kier molecular flexibility index (Phi) is 5.99. The average Bonchev–Trinajstić information content (AvgIpc) is 2.64. The minimum absolute atomic E-state index is 0.583. The summed E-state index contributed by atoms with van der Waals surface area (Å²) in [6.07, 6.45) is 2.96. The molecule has 0 bridgehead atoms. The molecular formula is C13H23NOS. The lowest BCUT2D eigenvalue weighted by Gasteiger charge is -2.21. The van der Waals surface area contributed by atoms with Gasteiger partial charge in [-0.2, -0.15) is 0 Å². The van der Waals surface area contributed by atoms with Gasteiger partial charge in [0.25, 0.3) is 0 Å². The Bertz CT molecular complexity index is 296. The Morgan fingerprint density at radius 1 is 1.44 bits per heavy atom. The van der Waals surface area contributed by atoms with Crippen molar-refractivity contribution in [3.8, 4) is 0 Å². The normalized spacial score (nSPS) is 13.3. The monoisotopic (exact) mass is 241 g/mol. The van der Waals surface area contributed by atoms with Crippen LogP contribution in [0.4, 0.5) is 0 Å². The average molecular weight is 241 g/mol. The van der Waals surface area contributed by atoms with Gasteiger partial charge in [-0.05, 0) is 31.9 Å². The molecule has 0 aliphatic rings. The van der Waals surface area contributed by atoms with Crippen LogP contribution in [0.15, 0.2) is 21.6 Å². The van der Waals surface area contributed by atoms with E-state index in [0.29, 0.717) is 12.0 Å². The van der Waals surface area contributed by atoms with Gasteiger partial charge < -0.3 is 9.73 Å². The number of nitrogens with one attached hydrogen (secondary N) is 1. The Balaban J connectivity index is 2.40. The van der Waals surface area contributed by atoms with E-state index >= 15 is 0 Å². The number of rotatable bonds is 7. The smallest absolute Gasteiger partial charge is 0.114 e. The van der Waals surface area contributed by atoms with Gasteiger partial charge in [0.05, 0.1) is 6.26 Å². The third kappa shape index (κ3) is 4.22. The molecule has 0 fully saturated rings. The van der Waals surface area contributed by atoms with E-state index < -0.39 is 0 Å². The van der Waals surface area contributed by atoms with Gasteiger partial charge in [0.1, 0.15) is 5.76 Å². The summed E-state index contributed by atoms with van der Waals surface area (Å²) in [6, 6.07) is 2.64. The van der Waals surface area contributed by atoms with E-state index in [0.717, 1.165) is 18.1 Å². The van der Waals surface area contributed by atoms with Crippen molar-refractivity contribution in [3.63, 3.8) is 0 Å². The van der Waals surface area contributed by atoms with Crippen LogP contribution < -0.4 is 5.32 Å². The van der Waals surface area contributed by atoms with Crippen LogP contribution in [0, 0.1) is 12.8 Å². The molecule has 1 aromatic heterocycles. The van der Waals surface area contributed by atoms with E-state index in [1.54, 1.807) is 6.26 Å². The van der Waals surface area contributed by atoms with Gasteiger partial charge in [0, 0.05) is 16.7 Å². The second-order valence-electron chi connectivity index (χ2n) is 4.46. The number of aryl methyl sites for hydroxylation is 1. The molecular weight excluding hydrogens is 218 g/mol. The zero-order valence-corrected chi connectivity index (χ0v) is 11.6. The van der Waals surface area contributed by atoms with Crippen LogP contribution in [-0.4, -0.2) is 18.3 Å². The molecule has 0 amide bonds. The molecule has 0 spiro atoms. The molecule has 16 heavy (non-hydrogen) atoms. The second kappa shape index (κ2) is 7.02. The maximum absolute atomic E-state index is 5.30. The van der Waals surface area contributed by atoms with Crippen LogP contribution in [0.1, 0.15) is 33.0 Å². The van der Waals surface area contributed by atoms with Crippen molar-refractivity contribution in [2.75, 3.05) is 12.3 Å². The van der Waals surface area contributed by atoms with Gasteiger partial charge in [-0.15, -0.1) is 11.8 Å². The molecule has 3 heteroatoms. The Morgan fingerprint density at radius 2 is 2.19 bits per heavy atom. The van der Waals surface area contributed by atoms with Gasteiger partial charge in [-0.25, -0.2) is 0 Å². The minimum Gasteiger partial charge on any atom is -0.468 e. The molecule has 1 unspecified atom stereocenters. The van der Waals surface area contributed by atoms with Crippen molar-refractivity contribution in [2.24, 2.45) is 5.92 Å². The van der Waals surface area contributed by atoms with Crippen LogP contribution in [0.3, 0.4) is 0 Å². The highest BCUT2D eigenvalue weighted by Crippen LogP contribution is 2.24. The van der Waals surface area contributed by atoms with E-state index in [1.807, 2.05) is 18.7 Å². The predicted octanol–water partition coefficient (Wildman–Crippen LogP) is 3.70. The summed E-state index contributed by atoms with van der Waals surface area (Å²) >= 11 is 1.88. The standard InChI is InChI=1S/C13H23NOS/c1-5-7-14-12(10(2)3)9-16-13-6-8-15-11(13)4/h6,8,10,12,14H,5,7,9H2,1-4H3. The van der Waals surface area contributed by atoms with Crippen LogP contribution in [0.2, 0.25) is 0 Å². The molecule has 0 aliphatic carbocycles. The van der Waals surface area contributed by atoms with Crippen LogP contribution in [0.25, 0.3) is 0 Å². The summed E-state index contributed by atoms with van der Waals surface area (Å²) in [5.74, 6) is 2.81. The fourth-order valence-electron chi connectivity index (χ4n) is 1.52. The fraction of sp³-hybridized carbons (Fsp3) is 0.692. The number of thioether (sulfide) groups is 1. The highest BCUT2D eigenvalue weighted by Gasteiger charge is 2.13. The molecule has 1 rings (SSSR count). The number of hydrogen-bond acceptors (Lipinski definition) is 3. The zero-order valence-electron chi connectivity index (χ0n) is 10.7. The van der Waals surface area contributed by atoms with Crippen molar-refractivity contribution >= 4 is 11.8 Å². The van der Waals surface area contributed by atoms with Gasteiger partial charge in [0.2, 0.25) is 0 Å². The quantitative estimate of drug-likeness (QED) is 0.737. The summed E-state index contributed by atoms with van der Waals surface area (Å²) in [4.78, 5) is 1.27. The molecule has 0 saturated heterocycles. The second-order valence-corrected chi connectivity index (χ2v) is 5.52. The lowest BCUT2D eigenvalue weighted by Crippen LogP contribution is -2.36. The lowest BCUT2D eigenvalue weighted by atomic mass is 10.1. The van der Waals surface area contributed by atoms with Crippen molar-refractivity contribution in [2.45, 2.75) is 45.1 Å². The van der Waals surface area contributed by atoms with E-state index in [1.165, 1.54) is 11.3 Å². The Labute approximate surface area is 103 Å². The van der Waals surface area contributed by atoms with Crippen molar-refractivity contribution in [3.05, 3.63) is 18.1 Å². The SMILES string of the molecule is CCCNC(CSc1ccoc1C)C(C)C. The summed E-state index contributed by atoms with van der Waals surface area (Å²) in [6.45, 7) is 9.88. The van der Waals surface area contributed by atoms with E-state index in [4.69, 9.17) is 4.42 Å². The minimum atomic E-state index is 0.583. The topological polar surface area (TPSA) is 25.2 Å². The molecule has 0 saturated carbocycles. The Morgan fingerprint density at radius 3 is 2.69 bits per heavy atom. The van der Waals surface area contributed by atoms with Gasteiger partial charge in [-0.1, -0.05) is 20.8 Å². The number of furan rings is 1. The molecule has 0 aromatic carbocycles. The van der Waals surface area contributed by atoms with Crippen LogP contribution >= 0.6 is 11.8 Å². The molecule has 1 aromatic rings. The first-order chi connectivity index (χ1) is 7.65. The van der Waals surface area contributed by atoms with Crippen LogP contribution in [-0.2, 0) is 0 Å². The summed E-state index contributed by atoms with van der Waals surface area (Å²) in [7, 11) is 0. The van der Waals surface area contributed by atoms with E-state index in [9.17, 15) is 0 Å². The summed E-state index contributed by atoms with van der Waals surface area (Å²) in [5.41, 5.74) is 0. The largest absolute Gasteiger partial charge is 0.468 e. The molecule has 92 valence electrons. The first kappa shape index (κ1) is 13.7. The zero-order chi connectivity index (χ0) is 12.0. The van der Waals surface area contributed by atoms with E-state index in [-0.39, 0.29) is 0 Å². The maximum Gasteiger partial charge on any atom is 0.114 e. The maximum atomic E-state index is 5.30. The van der Waals surface area contributed by atoms with Gasteiger partial charge in [0.15, 0.2) is 0 Å². The lowest BCUT2D eigenvalue weighted by molar-refractivity contribution is 0.434. The molecule has 0 aliphatic heterocycles. The van der Waals surface area contributed by atoms with Crippen molar-refractivity contribution in [1.82, 2.24) is 5.32 Å². The van der Waals surface area contributed by atoms with Crippen LogP contribution in [0.5, 0.6) is 0 Å². The predicted molar refractivity (Wildman–Crippen MR) is 71.1 cm³/mol. The molecule has 1 N–H and O–H groups in total.